The second-order valence-electron chi connectivity index (χ2n) is 4.37. The first kappa shape index (κ1) is 15.0. The Labute approximate surface area is 116 Å². The zero-order valence-electron chi connectivity index (χ0n) is 10.8. The van der Waals surface area contributed by atoms with Gasteiger partial charge in [-0.1, -0.05) is 22.4 Å². The number of hydrogen-bond acceptors (Lipinski definition) is 2. The number of hydrogen-bond donors (Lipinski definition) is 1. The van der Waals surface area contributed by atoms with E-state index in [4.69, 9.17) is 0 Å². The Hall–Kier alpha value is -1.10. The number of unbranched alkanes of at least 4 members (excludes halogenated alkanes) is 2. The molecule has 0 unspecified atom stereocenters. The maximum atomic E-state index is 12.0. The Kier molecular flexibility index (Phi) is 6.12. The molecule has 4 nitrogen and oxygen atoms in total. The molecule has 1 aromatic rings. The fourth-order valence-electron chi connectivity index (χ4n) is 1.67. The van der Waals surface area contributed by atoms with Crippen LogP contribution in [0.25, 0.3) is 0 Å². The molecular formula is C13H19BrN2O2. The smallest absolute Gasteiger partial charge is 0.259 e. The van der Waals surface area contributed by atoms with Gasteiger partial charge in [-0.25, -0.2) is 0 Å². The molecule has 0 spiro atoms. The minimum Gasteiger partial charge on any atom is -0.364 e. The third kappa shape index (κ3) is 4.29. The summed E-state index contributed by atoms with van der Waals surface area (Å²) in [4.78, 5) is 28.2. The van der Waals surface area contributed by atoms with Gasteiger partial charge in [-0.3, -0.25) is 9.59 Å². The molecule has 0 bridgehead atoms. The molecule has 0 aliphatic heterocycles. The largest absolute Gasteiger partial charge is 0.364 e. The van der Waals surface area contributed by atoms with Crippen LogP contribution in [0.4, 0.5) is 0 Å². The fraction of sp³-hybridized carbons (Fsp3) is 0.538. The van der Waals surface area contributed by atoms with Crippen LogP contribution in [-0.4, -0.2) is 34.7 Å². The number of halogens is 1. The SMILES string of the molecule is Cc1cc(=O)c(C(=O)N(C)CCCCCBr)c[nH]1. The molecule has 1 amide bonds. The van der Waals surface area contributed by atoms with Crippen LogP contribution >= 0.6 is 15.9 Å². The van der Waals surface area contributed by atoms with Crippen molar-refractivity contribution in [2.75, 3.05) is 18.9 Å². The number of H-pyrrole nitrogens is 1. The summed E-state index contributed by atoms with van der Waals surface area (Å²) >= 11 is 3.37. The van der Waals surface area contributed by atoms with Crippen LogP contribution in [0.1, 0.15) is 35.3 Å². The topological polar surface area (TPSA) is 53.2 Å². The lowest BCUT2D eigenvalue weighted by Gasteiger charge is -2.16. The number of carbonyl (C=O) groups is 1. The molecule has 0 aliphatic rings. The molecule has 0 aromatic carbocycles. The van der Waals surface area contributed by atoms with E-state index in [1.54, 1.807) is 18.9 Å². The Balaban J connectivity index is 2.60. The molecule has 1 aromatic heterocycles. The summed E-state index contributed by atoms with van der Waals surface area (Å²) in [5.41, 5.74) is 0.753. The van der Waals surface area contributed by atoms with Crippen LogP contribution in [0, 0.1) is 6.92 Å². The number of alkyl halides is 1. The second kappa shape index (κ2) is 7.36. The summed E-state index contributed by atoms with van der Waals surface area (Å²) < 4.78 is 0. The average Bonchev–Trinajstić information content (AvgIpc) is 2.33. The van der Waals surface area contributed by atoms with Crippen molar-refractivity contribution in [3.63, 3.8) is 0 Å². The Morgan fingerprint density at radius 3 is 2.72 bits per heavy atom. The molecule has 0 atom stereocenters. The van der Waals surface area contributed by atoms with Gasteiger partial charge in [0.15, 0.2) is 5.43 Å². The van der Waals surface area contributed by atoms with E-state index < -0.39 is 0 Å². The van der Waals surface area contributed by atoms with Gasteiger partial charge in [-0.05, 0) is 19.8 Å². The Morgan fingerprint density at radius 2 is 2.11 bits per heavy atom. The van der Waals surface area contributed by atoms with Gasteiger partial charge in [0, 0.05) is 36.9 Å². The number of amides is 1. The van der Waals surface area contributed by atoms with E-state index in [-0.39, 0.29) is 16.9 Å². The molecule has 5 heteroatoms. The summed E-state index contributed by atoms with van der Waals surface area (Å²) in [6.45, 7) is 2.47. The monoisotopic (exact) mass is 314 g/mol. The van der Waals surface area contributed by atoms with Gasteiger partial charge < -0.3 is 9.88 Å². The van der Waals surface area contributed by atoms with Crippen LogP contribution in [0.15, 0.2) is 17.1 Å². The van der Waals surface area contributed by atoms with Crippen molar-refractivity contribution in [1.29, 1.82) is 0 Å². The summed E-state index contributed by atoms with van der Waals surface area (Å²) in [5.74, 6) is -0.213. The predicted molar refractivity (Wildman–Crippen MR) is 76.4 cm³/mol. The number of carbonyl (C=O) groups excluding carboxylic acids is 1. The van der Waals surface area contributed by atoms with Gasteiger partial charge in [0.1, 0.15) is 5.56 Å². The maximum Gasteiger partial charge on any atom is 0.259 e. The molecule has 100 valence electrons. The number of aromatic nitrogens is 1. The minimum atomic E-state index is -0.219. The van der Waals surface area contributed by atoms with Crippen LogP contribution in [0.2, 0.25) is 0 Å². The summed E-state index contributed by atoms with van der Waals surface area (Å²) in [6.07, 6.45) is 4.63. The third-order valence-electron chi connectivity index (χ3n) is 2.76. The number of rotatable bonds is 6. The number of nitrogens with zero attached hydrogens (tertiary/aromatic N) is 1. The first-order valence-electron chi connectivity index (χ1n) is 6.07. The van der Waals surface area contributed by atoms with Crippen molar-refractivity contribution in [2.24, 2.45) is 0 Å². The van der Waals surface area contributed by atoms with Gasteiger partial charge in [0.05, 0.1) is 0 Å². The van der Waals surface area contributed by atoms with Crippen molar-refractivity contribution in [1.82, 2.24) is 9.88 Å². The molecule has 1 heterocycles. The summed E-state index contributed by atoms with van der Waals surface area (Å²) in [6, 6.07) is 1.45. The van der Waals surface area contributed by atoms with E-state index in [2.05, 4.69) is 20.9 Å². The molecular weight excluding hydrogens is 296 g/mol. The molecule has 0 saturated carbocycles. The molecule has 1 rings (SSSR count). The molecule has 1 N–H and O–H groups in total. The highest BCUT2D eigenvalue weighted by Crippen LogP contribution is 2.03. The lowest BCUT2D eigenvalue weighted by Crippen LogP contribution is -2.31. The normalized spacial score (nSPS) is 10.4. The van der Waals surface area contributed by atoms with Gasteiger partial charge in [0.25, 0.3) is 5.91 Å². The second-order valence-corrected chi connectivity index (χ2v) is 5.16. The first-order chi connectivity index (χ1) is 8.56. The highest BCUT2D eigenvalue weighted by Gasteiger charge is 2.14. The standard InChI is InChI=1S/C13H19BrN2O2/c1-10-8-12(17)11(9-15-10)13(18)16(2)7-5-3-4-6-14/h8-9H,3-7H2,1-2H3,(H,15,17). The number of aromatic amines is 1. The highest BCUT2D eigenvalue weighted by molar-refractivity contribution is 9.09. The zero-order chi connectivity index (χ0) is 13.5. The van der Waals surface area contributed by atoms with Crippen molar-refractivity contribution in [3.8, 4) is 0 Å². The maximum absolute atomic E-state index is 12.0. The van der Waals surface area contributed by atoms with E-state index in [0.29, 0.717) is 6.54 Å². The average molecular weight is 315 g/mol. The predicted octanol–water partition coefficient (Wildman–Crippen LogP) is 2.32. The highest BCUT2D eigenvalue weighted by atomic mass is 79.9. The van der Waals surface area contributed by atoms with E-state index in [1.807, 2.05) is 0 Å². The lowest BCUT2D eigenvalue weighted by molar-refractivity contribution is 0.0791. The number of aryl methyl sites for hydroxylation is 1. The van der Waals surface area contributed by atoms with E-state index >= 15 is 0 Å². The van der Waals surface area contributed by atoms with Crippen LogP contribution < -0.4 is 5.43 Å². The molecule has 0 aliphatic carbocycles. The number of pyridine rings is 1. The molecule has 0 fully saturated rings. The molecule has 0 radical (unpaired) electrons. The van der Waals surface area contributed by atoms with Crippen molar-refractivity contribution < 1.29 is 4.79 Å². The van der Waals surface area contributed by atoms with Crippen molar-refractivity contribution >= 4 is 21.8 Å². The van der Waals surface area contributed by atoms with E-state index in [1.165, 1.54) is 12.3 Å². The quantitative estimate of drug-likeness (QED) is 0.647. The van der Waals surface area contributed by atoms with Crippen LogP contribution in [-0.2, 0) is 0 Å². The molecule has 0 saturated heterocycles. The molecule has 18 heavy (non-hydrogen) atoms. The number of nitrogens with one attached hydrogen (secondary N) is 1. The van der Waals surface area contributed by atoms with Crippen molar-refractivity contribution in [2.45, 2.75) is 26.2 Å². The van der Waals surface area contributed by atoms with Crippen LogP contribution in [0.5, 0.6) is 0 Å². The van der Waals surface area contributed by atoms with Crippen molar-refractivity contribution in [3.05, 3.63) is 33.7 Å². The summed E-state index contributed by atoms with van der Waals surface area (Å²) in [7, 11) is 1.73. The Morgan fingerprint density at radius 1 is 1.39 bits per heavy atom. The summed E-state index contributed by atoms with van der Waals surface area (Å²) in [5, 5.41) is 0.988. The van der Waals surface area contributed by atoms with Gasteiger partial charge in [-0.2, -0.15) is 0 Å². The van der Waals surface area contributed by atoms with Gasteiger partial charge >= 0.3 is 0 Å². The van der Waals surface area contributed by atoms with E-state index in [0.717, 1.165) is 30.3 Å². The minimum absolute atomic E-state index is 0.212. The van der Waals surface area contributed by atoms with Crippen LogP contribution in [0.3, 0.4) is 0 Å². The zero-order valence-corrected chi connectivity index (χ0v) is 12.4. The lowest BCUT2D eigenvalue weighted by atomic mass is 10.2. The Bertz CT molecular complexity index is 457. The van der Waals surface area contributed by atoms with Gasteiger partial charge in [-0.15, -0.1) is 0 Å². The van der Waals surface area contributed by atoms with E-state index in [9.17, 15) is 9.59 Å². The fourth-order valence-corrected chi connectivity index (χ4v) is 2.06. The van der Waals surface area contributed by atoms with Gasteiger partial charge in [0.2, 0.25) is 0 Å². The third-order valence-corrected chi connectivity index (χ3v) is 3.32. The first-order valence-corrected chi connectivity index (χ1v) is 7.19.